The standard InChI is InChI=1S/C10H14N2O3/c1-6-3-9(15-11-6)8-4-7(5-13)10(14)12(8)2/h3,7-8,13H,4-5H2,1-2H3/t7-,8+/m1/s1. The maximum absolute atomic E-state index is 11.6. The number of aliphatic hydroxyl groups excluding tert-OH is 1. The summed E-state index contributed by atoms with van der Waals surface area (Å²) in [5.74, 6) is 0.362. The van der Waals surface area contributed by atoms with Gasteiger partial charge in [-0.05, 0) is 13.3 Å². The molecule has 1 aromatic rings. The molecule has 1 aromatic heterocycles. The van der Waals surface area contributed by atoms with Gasteiger partial charge in [0.05, 0.1) is 24.3 Å². The summed E-state index contributed by atoms with van der Waals surface area (Å²) >= 11 is 0. The average molecular weight is 210 g/mol. The van der Waals surface area contributed by atoms with Crippen molar-refractivity contribution in [2.75, 3.05) is 13.7 Å². The molecule has 1 aliphatic rings. The zero-order valence-corrected chi connectivity index (χ0v) is 8.80. The molecule has 2 rings (SSSR count). The van der Waals surface area contributed by atoms with Crippen molar-refractivity contribution < 1.29 is 14.4 Å². The number of carbonyl (C=O) groups is 1. The first-order chi connectivity index (χ1) is 7.13. The van der Waals surface area contributed by atoms with Crippen LogP contribution in [0, 0.1) is 12.8 Å². The molecular formula is C10H14N2O3. The van der Waals surface area contributed by atoms with E-state index in [4.69, 9.17) is 9.63 Å². The van der Waals surface area contributed by atoms with E-state index in [0.717, 1.165) is 5.69 Å². The third kappa shape index (κ3) is 1.63. The first kappa shape index (κ1) is 10.2. The van der Waals surface area contributed by atoms with Crippen molar-refractivity contribution in [2.24, 2.45) is 5.92 Å². The molecule has 5 heteroatoms. The number of amides is 1. The number of rotatable bonds is 2. The van der Waals surface area contributed by atoms with Gasteiger partial charge < -0.3 is 14.5 Å². The molecule has 0 aromatic carbocycles. The van der Waals surface area contributed by atoms with Crippen molar-refractivity contribution >= 4 is 5.91 Å². The molecule has 0 bridgehead atoms. The van der Waals surface area contributed by atoms with Crippen LogP contribution in [0.25, 0.3) is 0 Å². The molecule has 2 heterocycles. The third-order valence-corrected chi connectivity index (χ3v) is 2.87. The second-order valence-electron chi connectivity index (χ2n) is 3.95. The van der Waals surface area contributed by atoms with Gasteiger partial charge >= 0.3 is 0 Å². The Kier molecular flexibility index (Phi) is 2.48. The van der Waals surface area contributed by atoms with Crippen molar-refractivity contribution in [3.63, 3.8) is 0 Å². The van der Waals surface area contributed by atoms with Crippen LogP contribution in [0.15, 0.2) is 10.6 Å². The van der Waals surface area contributed by atoms with Gasteiger partial charge in [0.2, 0.25) is 5.91 Å². The zero-order valence-electron chi connectivity index (χ0n) is 8.80. The molecule has 0 radical (unpaired) electrons. The van der Waals surface area contributed by atoms with E-state index < -0.39 is 0 Å². The second kappa shape index (κ2) is 3.66. The first-order valence-electron chi connectivity index (χ1n) is 4.94. The van der Waals surface area contributed by atoms with E-state index in [1.54, 1.807) is 11.9 Å². The number of likely N-dealkylation sites (tertiary alicyclic amines) is 1. The lowest BCUT2D eigenvalue weighted by Crippen LogP contribution is -2.25. The minimum atomic E-state index is -0.301. The molecule has 1 fully saturated rings. The number of hydrogen-bond acceptors (Lipinski definition) is 4. The molecule has 1 aliphatic heterocycles. The molecule has 0 aliphatic carbocycles. The molecule has 0 spiro atoms. The Hall–Kier alpha value is -1.36. The summed E-state index contributed by atoms with van der Waals surface area (Å²) in [5, 5.41) is 12.8. The van der Waals surface area contributed by atoms with Crippen molar-refractivity contribution in [3.8, 4) is 0 Å². The molecule has 82 valence electrons. The maximum atomic E-state index is 11.6. The highest BCUT2D eigenvalue weighted by atomic mass is 16.5. The fourth-order valence-corrected chi connectivity index (χ4v) is 1.97. The molecule has 0 unspecified atom stereocenters. The van der Waals surface area contributed by atoms with Gasteiger partial charge in [0.25, 0.3) is 0 Å². The summed E-state index contributed by atoms with van der Waals surface area (Å²) in [6, 6.07) is 1.74. The molecule has 2 atom stereocenters. The van der Waals surface area contributed by atoms with Crippen LogP contribution in [0.3, 0.4) is 0 Å². The van der Waals surface area contributed by atoms with E-state index in [1.165, 1.54) is 0 Å². The van der Waals surface area contributed by atoms with Gasteiger partial charge in [0, 0.05) is 13.1 Å². The fraction of sp³-hybridized carbons (Fsp3) is 0.600. The fourth-order valence-electron chi connectivity index (χ4n) is 1.97. The highest BCUT2D eigenvalue weighted by Crippen LogP contribution is 2.34. The van der Waals surface area contributed by atoms with Gasteiger partial charge in [0.1, 0.15) is 0 Å². The summed E-state index contributed by atoms with van der Waals surface area (Å²) in [5.41, 5.74) is 0.804. The monoisotopic (exact) mass is 210 g/mol. The predicted octanol–water partition coefficient (Wildman–Crippen LogP) is 0.495. The molecular weight excluding hydrogens is 196 g/mol. The van der Waals surface area contributed by atoms with Crippen LogP contribution < -0.4 is 0 Å². The van der Waals surface area contributed by atoms with Crippen LogP contribution in [-0.4, -0.2) is 34.7 Å². The lowest BCUT2D eigenvalue weighted by Gasteiger charge is -2.16. The number of aryl methyl sites for hydroxylation is 1. The number of hydrogen-bond donors (Lipinski definition) is 1. The first-order valence-corrected chi connectivity index (χ1v) is 4.94. The number of carbonyl (C=O) groups excluding carboxylic acids is 1. The SMILES string of the molecule is Cc1cc([C@@H]2C[C@H](CO)C(=O)N2C)on1. The van der Waals surface area contributed by atoms with Gasteiger partial charge in [-0.25, -0.2) is 0 Å². The highest BCUT2D eigenvalue weighted by molar-refractivity contribution is 5.81. The van der Waals surface area contributed by atoms with E-state index in [0.29, 0.717) is 12.2 Å². The second-order valence-corrected chi connectivity index (χ2v) is 3.95. The Balaban J connectivity index is 2.21. The topological polar surface area (TPSA) is 66.6 Å². The summed E-state index contributed by atoms with van der Waals surface area (Å²) < 4.78 is 5.13. The Labute approximate surface area is 87.7 Å². The number of aliphatic hydroxyl groups is 1. The molecule has 1 N–H and O–H groups in total. The van der Waals surface area contributed by atoms with Crippen molar-refractivity contribution in [1.82, 2.24) is 10.1 Å². The van der Waals surface area contributed by atoms with E-state index >= 15 is 0 Å². The molecule has 0 saturated carbocycles. The Bertz CT molecular complexity index is 374. The van der Waals surface area contributed by atoms with Crippen LogP contribution in [0.1, 0.15) is 23.9 Å². The lowest BCUT2D eigenvalue weighted by molar-refractivity contribution is -0.131. The number of aromatic nitrogens is 1. The minimum Gasteiger partial charge on any atom is -0.396 e. The summed E-state index contributed by atoms with van der Waals surface area (Å²) in [6.07, 6.45) is 0.598. The smallest absolute Gasteiger partial charge is 0.228 e. The summed E-state index contributed by atoms with van der Waals surface area (Å²) in [7, 11) is 1.72. The van der Waals surface area contributed by atoms with E-state index in [-0.39, 0.29) is 24.5 Å². The van der Waals surface area contributed by atoms with Crippen LogP contribution >= 0.6 is 0 Å². The van der Waals surface area contributed by atoms with Crippen LogP contribution in [-0.2, 0) is 4.79 Å². The molecule has 1 saturated heterocycles. The van der Waals surface area contributed by atoms with Crippen molar-refractivity contribution in [2.45, 2.75) is 19.4 Å². The Morgan fingerprint density at radius 3 is 2.93 bits per heavy atom. The third-order valence-electron chi connectivity index (χ3n) is 2.87. The zero-order chi connectivity index (χ0) is 11.0. The average Bonchev–Trinajstić information content (AvgIpc) is 2.74. The quantitative estimate of drug-likeness (QED) is 0.771. The van der Waals surface area contributed by atoms with E-state index in [2.05, 4.69) is 5.16 Å². The minimum absolute atomic E-state index is 0.0310. The maximum Gasteiger partial charge on any atom is 0.228 e. The molecule has 15 heavy (non-hydrogen) atoms. The molecule has 5 nitrogen and oxygen atoms in total. The van der Waals surface area contributed by atoms with Gasteiger partial charge in [-0.15, -0.1) is 0 Å². The van der Waals surface area contributed by atoms with Crippen LogP contribution in [0.5, 0.6) is 0 Å². The van der Waals surface area contributed by atoms with E-state index in [1.807, 2.05) is 13.0 Å². The van der Waals surface area contributed by atoms with Crippen LogP contribution in [0.2, 0.25) is 0 Å². The van der Waals surface area contributed by atoms with Gasteiger partial charge in [-0.3, -0.25) is 4.79 Å². The Morgan fingerprint density at radius 2 is 2.47 bits per heavy atom. The predicted molar refractivity (Wildman–Crippen MR) is 51.9 cm³/mol. The lowest BCUT2D eigenvalue weighted by atomic mass is 10.0. The molecule has 1 amide bonds. The van der Waals surface area contributed by atoms with Gasteiger partial charge in [-0.2, -0.15) is 0 Å². The summed E-state index contributed by atoms with van der Waals surface area (Å²) in [6.45, 7) is 1.74. The van der Waals surface area contributed by atoms with Crippen LogP contribution in [0.4, 0.5) is 0 Å². The van der Waals surface area contributed by atoms with Gasteiger partial charge in [-0.1, -0.05) is 5.16 Å². The van der Waals surface area contributed by atoms with Crippen molar-refractivity contribution in [1.29, 1.82) is 0 Å². The van der Waals surface area contributed by atoms with Gasteiger partial charge in [0.15, 0.2) is 5.76 Å². The Morgan fingerprint density at radius 1 is 1.73 bits per heavy atom. The normalized spacial score (nSPS) is 26.3. The largest absolute Gasteiger partial charge is 0.396 e. The van der Waals surface area contributed by atoms with Crippen molar-refractivity contribution in [3.05, 3.63) is 17.5 Å². The summed E-state index contributed by atoms with van der Waals surface area (Å²) in [4.78, 5) is 13.2. The highest BCUT2D eigenvalue weighted by Gasteiger charge is 2.39. The van der Waals surface area contributed by atoms with E-state index in [9.17, 15) is 4.79 Å². The number of nitrogens with zero attached hydrogens (tertiary/aromatic N) is 2.